The molecule has 0 N–H and O–H groups in total. The first kappa shape index (κ1) is 24.3. The Bertz CT molecular complexity index is 861. The lowest BCUT2D eigenvalue weighted by Gasteiger charge is -2.42. The van der Waals surface area contributed by atoms with Gasteiger partial charge in [-0.2, -0.15) is 0 Å². The highest BCUT2D eigenvalue weighted by molar-refractivity contribution is 5.79. The summed E-state index contributed by atoms with van der Waals surface area (Å²) in [5, 5.41) is 0. The topological polar surface area (TPSA) is 0 Å². The van der Waals surface area contributed by atoms with Crippen molar-refractivity contribution in [2.75, 3.05) is 0 Å². The Morgan fingerprint density at radius 3 is 0.889 bits per heavy atom. The van der Waals surface area contributed by atoms with Crippen molar-refractivity contribution < 1.29 is 0 Å². The van der Waals surface area contributed by atoms with Crippen LogP contribution >= 0.6 is 0 Å². The second-order valence-electron chi connectivity index (χ2n) is 10.5. The molecule has 0 spiro atoms. The summed E-state index contributed by atoms with van der Waals surface area (Å²) in [5.74, 6) is 15.7. The molecule has 6 aliphatic rings. The van der Waals surface area contributed by atoms with Crippen LogP contribution in [0.5, 0.6) is 0 Å². The molecule has 0 aromatic carbocycles. The largest absolute Gasteiger partial charge is 0.0758 e. The molecular weight excluding hydrogens is 432 g/mol. The summed E-state index contributed by atoms with van der Waals surface area (Å²) in [6.07, 6.45) is 44.0. The molecule has 2 fully saturated rings. The number of rotatable bonds is 9. The molecule has 0 heteroatoms. The highest BCUT2D eigenvalue weighted by Gasteiger charge is 2.58. The van der Waals surface area contributed by atoms with Gasteiger partial charge in [0.05, 0.1) is 0 Å². The van der Waals surface area contributed by atoms with Crippen molar-refractivity contribution >= 4 is 0 Å². The van der Waals surface area contributed by atoms with E-state index in [1.54, 1.807) is 11.8 Å². The van der Waals surface area contributed by atoms with Gasteiger partial charge in [-0.05, 0) is 24.7 Å². The highest BCUT2D eigenvalue weighted by Crippen LogP contribution is 2.66. The maximum Gasteiger partial charge on any atom is 0.0209 e. The second kappa shape index (κ2) is 10.7. The van der Waals surface area contributed by atoms with Gasteiger partial charge in [0.1, 0.15) is 0 Å². The summed E-state index contributed by atoms with van der Waals surface area (Å²) < 4.78 is 0. The first-order valence-electron chi connectivity index (χ1n) is 14.0. The normalized spacial score (nSPS) is 27.3. The Balaban J connectivity index is 1.42. The zero-order valence-corrected chi connectivity index (χ0v) is 21.6. The first-order chi connectivity index (χ1) is 17.8. The van der Waals surface area contributed by atoms with Gasteiger partial charge in [0.15, 0.2) is 0 Å². The SMILES string of the molecule is CCCCC([C]1[C]2C=CC=C[C]2[C]2C=CC=C[C]21)C(CCCC)[C]1[C]2C=CC=C[C]2[C]2C=CC=C[C]21. The Hall–Kier alpha value is -2.08. The van der Waals surface area contributed by atoms with Gasteiger partial charge in [-0.3, -0.25) is 0 Å². The minimum atomic E-state index is 0.496. The Labute approximate surface area is 220 Å². The van der Waals surface area contributed by atoms with Crippen LogP contribution in [0.2, 0.25) is 0 Å². The molecule has 0 amide bonds. The molecule has 10 radical (unpaired) electrons. The van der Waals surface area contributed by atoms with E-state index in [4.69, 9.17) is 0 Å². The molecule has 2 atom stereocenters. The number of hydrogen-bond acceptors (Lipinski definition) is 0. The van der Waals surface area contributed by atoms with Gasteiger partial charge in [0, 0.05) is 59.2 Å². The molecule has 2 saturated carbocycles. The van der Waals surface area contributed by atoms with Crippen LogP contribution in [0, 0.1) is 71.0 Å². The van der Waals surface area contributed by atoms with E-state index in [9.17, 15) is 0 Å². The van der Waals surface area contributed by atoms with Crippen LogP contribution in [0.25, 0.3) is 0 Å². The highest BCUT2D eigenvalue weighted by atomic mass is 14.6. The lowest BCUT2D eigenvalue weighted by atomic mass is 9.61. The van der Waals surface area contributed by atoms with Gasteiger partial charge in [-0.15, -0.1) is 0 Å². The molecule has 0 aromatic rings. The third-order valence-corrected chi connectivity index (χ3v) is 8.41. The quantitative estimate of drug-likeness (QED) is 0.317. The van der Waals surface area contributed by atoms with E-state index in [-0.39, 0.29) is 0 Å². The van der Waals surface area contributed by atoms with E-state index in [2.05, 4.69) is 111 Å². The molecule has 6 rings (SSSR count). The molecule has 0 nitrogen and oxygen atoms in total. The van der Waals surface area contributed by atoms with Crippen LogP contribution < -0.4 is 0 Å². The zero-order chi connectivity index (χ0) is 24.5. The molecule has 0 saturated heterocycles. The van der Waals surface area contributed by atoms with Gasteiger partial charge >= 0.3 is 0 Å². The molecule has 36 heavy (non-hydrogen) atoms. The van der Waals surface area contributed by atoms with Gasteiger partial charge in [0.25, 0.3) is 0 Å². The van der Waals surface area contributed by atoms with Crippen molar-refractivity contribution in [1.82, 2.24) is 0 Å². The van der Waals surface area contributed by atoms with Crippen molar-refractivity contribution in [1.29, 1.82) is 0 Å². The average molecular weight is 469 g/mol. The van der Waals surface area contributed by atoms with E-state index < -0.39 is 0 Å². The molecule has 2 unspecified atom stereocenters. The smallest absolute Gasteiger partial charge is 0.0209 e. The van der Waals surface area contributed by atoms with E-state index in [0.29, 0.717) is 11.8 Å². The molecule has 180 valence electrons. The molecule has 0 aromatic heterocycles. The van der Waals surface area contributed by atoms with E-state index >= 15 is 0 Å². The number of fused-ring (bicyclic) bond motifs is 6. The van der Waals surface area contributed by atoms with Crippen LogP contribution in [-0.2, 0) is 0 Å². The van der Waals surface area contributed by atoms with Crippen molar-refractivity contribution in [3.05, 3.63) is 156 Å². The maximum atomic E-state index is 2.38. The average Bonchev–Trinajstić information content (AvgIpc) is 3.44. The minimum absolute atomic E-state index is 0.496. The van der Waals surface area contributed by atoms with Gasteiger partial charge in [-0.1, -0.05) is 137 Å². The zero-order valence-electron chi connectivity index (χ0n) is 21.6. The van der Waals surface area contributed by atoms with Gasteiger partial charge < -0.3 is 0 Å². The summed E-state index contributed by atoms with van der Waals surface area (Å²) in [7, 11) is 0. The van der Waals surface area contributed by atoms with Crippen molar-refractivity contribution in [2.24, 2.45) is 11.8 Å². The van der Waals surface area contributed by atoms with E-state index in [0.717, 1.165) is 0 Å². The summed E-state index contributed by atoms with van der Waals surface area (Å²) in [5.41, 5.74) is 0. The maximum absolute atomic E-state index is 2.38. The summed E-state index contributed by atoms with van der Waals surface area (Å²) >= 11 is 0. The van der Waals surface area contributed by atoms with Crippen LogP contribution in [0.4, 0.5) is 0 Å². The van der Waals surface area contributed by atoms with Crippen LogP contribution in [-0.4, -0.2) is 0 Å². The van der Waals surface area contributed by atoms with Crippen molar-refractivity contribution in [2.45, 2.75) is 52.4 Å². The molecule has 6 aliphatic carbocycles. The monoisotopic (exact) mass is 468 g/mol. The van der Waals surface area contributed by atoms with Crippen molar-refractivity contribution in [3.63, 3.8) is 0 Å². The van der Waals surface area contributed by atoms with Crippen LogP contribution in [0.1, 0.15) is 52.4 Å². The number of unbranched alkanes of at least 4 members (excludes halogenated alkanes) is 2. The fraction of sp³-hybridized carbons (Fsp3) is 0.278. The lowest BCUT2D eigenvalue weighted by Crippen LogP contribution is -2.34. The third-order valence-electron chi connectivity index (χ3n) is 8.41. The van der Waals surface area contributed by atoms with Gasteiger partial charge in [0.2, 0.25) is 0 Å². The first-order valence-corrected chi connectivity index (χ1v) is 14.0. The summed E-state index contributed by atoms with van der Waals surface area (Å²) in [6, 6.07) is 0. The Kier molecular flexibility index (Phi) is 7.23. The molecule has 0 aliphatic heterocycles. The summed E-state index contributed by atoms with van der Waals surface area (Å²) in [6.45, 7) is 4.68. The second-order valence-corrected chi connectivity index (χ2v) is 10.5. The fourth-order valence-electron chi connectivity index (χ4n) is 6.84. The predicted molar refractivity (Wildman–Crippen MR) is 152 cm³/mol. The van der Waals surface area contributed by atoms with Crippen molar-refractivity contribution in [3.8, 4) is 0 Å². The molecule has 0 heterocycles. The molecular formula is C36H36. The number of hydrogen-bond donors (Lipinski definition) is 0. The predicted octanol–water partition coefficient (Wildman–Crippen LogP) is 8.88. The third kappa shape index (κ3) is 4.13. The van der Waals surface area contributed by atoms with Gasteiger partial charge in [-0.25, -0.2) is 0 Å². The molecule has 0 bridgehead atoms. The van der Waals surface area contributed by atoms with Crippen LogP contribution in [0.15, 0.2) is 97.2 Å². The lowest BCUT2D eigenvalue weighted by molar-refractivity contribution is 0.314. The number of allylic oxidation sites excluding steroid dienone is 16. The van der Waals surface area contributed by atoms with Crippen LogP contribution in [0.3, 0.4) is 0 Å². The fourth-order valence-corrected chi connectivity index (χ4v) is 6.84. The standard InChI is InChI=1S/C36H36/c1-3-5-15-33(35-29-21-11-7-17-25(29)26-18-8-12-22-30(26)35)34(16-6-4-2)36-31-23-13-9-19-27(31)28-20-10-14-24-32(28)36/h7-14,17-24,33-34H,3-6,15-16H2,1-2H3. The minimum Gasteiger partial charge on any atom is -0.0758 e. The van der Waals surface area contributed by atoms with E-state index in [1.165, 1.54) is 85.9 Å². The summed E-state index contributed by atoms with van der Waals surface area (Å²) in [4.78, 5) is 0. The Morgan fingerprint density at radius 2 is 0.639 bits per heavy atom. The van der Waals surface area contributed by atoms with E-state index in [1.807, 2.05) is 0 Å². The Morgan fingerprint density at radius 1 is 0.389 bits per heavy atom.